The number of nitrogens with two attached hydrogens (primary N) is 1. The maximum absolute atomic E-state index is 9.63. The molecule has 0 aromatic heterocycles. The third-order valence-corrected chi connectivity index (χ3v) is 1.17. The molecule has 84 valence electrons. The number of carboxylic acids is 2. The zero-order valence-electron chi connectivity index (χ0n) is 7.12. The van der Waals surface area contributed by atoms with Gasteiger partial charge < -0.3 is 35.7 Å². The monoisotopic (exact) mass is 225 g/mol. The summed E-state index contributed by atoms with van der Waals surface area (Å²) >= 11 is 3.80. The van der Waals surface area contributed by atoms with Crippen LogP contribution in [0.1, 0.15) is 0 Å². The lowest BCUT2D eigenvalue weighted by atomic mass is 10.2. The molecular weight excluding hydrogens is 214 g/mol. The van der Waals surface area contributed by atoms with Crippen LogP contribution in [-0.2, 0) is 9.59 Å². The van der Waals surface area contributed by atoms with Crippen LogP contribution in [0.4, 0.5) is 0 Å². The molecule has 2 unspecified atom stereocenters. The number of thiol groups is 1. The van der Waals surface area contributed by atoms with Crippen molar-refractivity contribution < 1.29 is 30.0 Å². The summed E-state index contributed by atoms with van der Waals surface area (Å²) in [4.78, 5) is 19.3. The fourth-order valence-corrected chi connectivity index (χ4v) is 0.258. The van der Waals surface area contributed by atoms with Gasteiger partial charge in [0.1, 0.15) is 12.2 Å². The molecule has 0 aromatic carbocycles. The summed E-state index contributed by atoms with van der Waals surface area (Å²) < 4.78 is 0. The molecule has 0 spiro atoms. The molecule has 0 radical (unpaired) electrons. The Hall–Kier alpha value is -0.830. The Bertz CT molecular complexity index is 167. The second-order valence-electron chi connectivity index (χ2n) is 2.04. The van der Waals surface area contributed by atoms with E-state index in [2.05, 4.69) is 12.6 Å². The minimum absolute atomic E-state index is 0.684. The number of carbonyl (C=O) groups excluding carboxylic acids is 2. The van der Waals surface area contributed by atoms with Gasteiger partial charge >= 0.3 is 0 Å². The Morgan fingerprint density at radius 2 is 1.43 bits per heavy atom. The fourth-order valence-electron chi connectivity index (χ4n) is 0.258. The van der Waals surface area contributed by atoms with Crippen molar-refractivity contribution in [3.8, 4) is 0 Å². The number of hydrogen-bond donors (Lipinski definition) is 4. The molecule has 14 heavy (non-hydrogen) atoms. The second kappa shape index (κ2) is 8.75. The summed E-state index contributed by atoms with van der Waals surface area (Å²) in [7, 11) is 0. The maximum Gasteiger partial charge on any atom is 0.124 e. The van der Waals surface area contributed by atoms with E-state index in [0.29, 0.717) is 6.54 Å². The van der Waals surface area contributed by atoms with E-state index in [4.69, 9.17) is 15.9 Å². The van der Waals surface area contributed by atoms with Gasteiger partial charge in [-0.3, -0.25) is 0 Å². The predicted molar refractivity (Wildman–Crippen MR) is 44.9 cm³/mol. The Kier molecular flexibility index (Phi) is 9.78. The largest absolute Gasteiger partial charge is 0.547 e. The zero-order valence-corrected chi connectivity index (χ0v) is 8.02. The first-order valence-electron chi connectivity index (χ1n) is 3.47. The fraction of sp³-hybridized carbons (Fsp3) is 0.667. The van der Waals surface area contributed by atoms with Crippen molar-refractivity contribution in [2.24, 2.45) is 5.73 Å². The van der Waals surface area contributed by atoms with E-state index in [1.807, 2.05) is 0 Å². The standard InChI is InChI=1S/C4H6O6.C2H7NS/c5-1(3(7)8)2(6)4(9)10;3-1-2-4/h1-2,5-6H,(H,7,8)(H,9,10);4H,1-3H2/p-2. The van der Waals surface area contributed by atoms with Crippen LogP contribution in [0.2, 0.25) is 0 Å². The third-order valence-electron chi connectivity index (χ3n) is 0.911. The molecule has 0 aliphatic heterocycles. The molecule has 0 saturated carbocycles. The van der Waals surface area contributed by atoms with E-state index in [-0.39, 0.29) is 0 Å². The highest BCUT2D eigenvalue weighted by atomic mass is 32.1. The van der Waals surface area contributed by atoms with Gasteiger partial charge in [-0.05, 0) is 0 Å². The van der Waals surface area contributed by atoms with Gasteiger partial charge in [0, 0.05) is 12.3 Å². The highest BCUT2D eigenvalue weighted by Gasteiger charge is 2.17. The Balaban J connectivity index is 0. The predicted octanol–water partition coefficient (Wildman–Crippen LogP) is -4.92. The molecule has 0 amide bonds. The van der Waals surface area contributed by atoms with Crippen molar-refractivity contribution in [3.05, 3.63) is 0 Å². The van der Waals surface area contributed by atoms with Gasteiger partial charge in [0.15, 0.2) is 0 Å². The number of hydrogen-bond acceptors (Lipinski definition) is 8. The van der Waals surface area contributed by atoms with Gasteiger partial charge in [-0.15, -0.1) is 0 Å². The molecule has 0 bridgehead atoms. The summed E-state index contributed by atoms with van der Waals surface area (Å²) in [6.07, 6.45) is -4.88. The number of carboxylic acid groups (broad SMARTS) is 2. The van der Waals surface area contributed by atoms with Crippen LogP contribution in [0.5, 0.6) is 0 Å². The molecule has 8 heteroatoms. The van der Waals surface area contributed by atoms with Crippen LogP contribution in [0.3, 0.4) is 0 Å². The van der Waals surface area contributed by atoms with Crippen LogP contribution in [0.15, 0.2) is 0 Å². The number of aliphatic hydroxyl groups excluding tert-OH is 2. The summed E-state index contributed by atoms with van der Waals surface area (Å²) in [5.41, 5.74) is 4.95. The Morgan fingerprint density at radius 3 is 1.50 bits per heavy atom. The highest BCUT2D eigenvalue weighted by molar-refractivity contribution is 7.80. The lowest BCUT2D eigenvalue weighted by Crippen LogP contribution is -2.51. The molecule has 2 atom stereocenters. The Labute approximate surface area is 85.6 Å². The van der Waals surface area contributed by atoms with Crippen LogP contribution in [0.25, 0.3) is 0 Å². The van der Waals surface area contributed by atoms with Gasteiger partial charge in [-0.25, -0.2) is 0 Å². The van der Waals surface area contributed by atoms with Crippen LogP contribution in [-0.4, -0.2) is 46.7 Å². The van der Waals surface area contributed by atoms with Gasteiger partial charge in [0.25, 0.3) is 0 Å². The Morgan fingerprint density at radius 1 is 1.21 bits per heavy atom. The third kappa shape index (κ3) is 7.80. The smallest absolute Gasteiger partial charge is 0.124 e. The van der Waals surface area contributed by atoms with Gasteiger partial charge in [-0.1, -0.05) is 0 Å². The SMILES string of the molecule is NCCS.O=C([O-])C(O)C(O)C(=O)[O-]. The minimum Gasteiger partial charge on any atom is -0.547 e. The molecule has 0 aliphatic rings. The number of rotatable bonds is 4. The van der Waals surface area contributed by atoms with Crippen molar-refractivity contribution in [3.63, 3.8) is 0 Å². The summed E-state index contributed by atoms with van der Waals surface area (Å²) in [5, 5.41) is 35.7. The maximum atomic E-state index is 9.63. The normalized spacial score (nSPS) is 13.4. The van der Waals surface area contributed by atoms with Gasteiger partial charge in [0.2, 0.25) is 0 Å². The van der Waals surface area contributed by atoms with E-state index in [1.165, 1.54) is 0 Å². The molecule has 0 rings (SSSR count). The highest BCUT2D eigenvalue weighted by Crippen LogP contribution is 1.88. The second-order valence-corrected chi connectivity index (χ2v) is 2.49. The van der Waals surface area contributed by atoms with E-state index >= 15 is 0 Å². The number of aliphatic carboxylic acids is 2. The lowest BCUT2D eigenvalue weighted by Gasteiger charge is -2.18. The molecule has 7 nitrogen and oxygen atoms in total. The van der Waals surface area contributed by atoms with Crippen molar-refractivity contribution >= 4 is 24.6 Å². The van der Waals surface area contributed by atoms with Crippen molar-refractivity contribution in [2.75, 3.05) is 12.3 Å². The minimum atomic E-state index is -2.44. The zero-order chi connectivity index (χ0) is 11.7. The number of aliphatic hydroxyl groups is 2. The summed E-state index contributed by atoms with van der Waals surface area (Å²) in [6.45, 7) is 0.684. The molecule has 0 heterocycles. The van der Waals surface area contributed by atoms with E-state index < -0.39 is 24.1 Å². The quantitative estimate of drug-likeness (QED) is 0.350. The van der Waals surface area contributed by atoms with Crippen molar-refractivity contribution in [2.45, 2.75) is 12.2 Å². The molecule has 0 aliphatic carbocycles. The van der Waals surface area contributed by atoms with Crippen LogP contribution < -0.4 is 15.9 Å². The topological polar surface area (TPSA) is 147 Å². The molecule has 4 N–H and O–H groups in total. The van der Waals surface area contributed by atoms with Gasteiger partial charge in [0.05, 0.1) is 11.9 Å². The summed E-state index contributed by atoms with van der Waals surface area (Å²) in [6, 6.07) is 0. The molecule has 0 aromatic rings. The first kappa shape index (κ1) is 15.6. The van der Waals surface area contributed by atoms with Crippen molar-refractivity contribution in [1.82, 2.24) is 0 Å². The molecular formula is C6H11NO6S-2. The van der Waals surface area contributed by atoms with Crippen LogP contribution >= 0.6 is 12.6 Å². The van der Waals surface area contributed by atoms with E-state index in [0.717, 1.165) is 5.75 Å². The summed E-state index contributed by atoms with van der Waals surface area (Å²) in [5.74, 6) is -3.33. The first-order valence-corrected chi connectivity index (χ1v) is 4.10. The number of carbonyl (C=O) groups is 2. The molecule has 0 saturated heterocycles. The first-order chi connectivity index (χ1) is 6.38. The molecule has 0 fully saturated rings. The van der Waals surface area contributed by atoms with E-state index in [9.17, 15) is 19.8 Å². The average molecular weight is 225 g/mol. The lowest BCUT2D eigenvalue weighted by molar-refractivity contribution is -0.333. The average Bonchev–Trinajstić information content (AvgIpc) is 2.15. The van der Waals surface area contributed by atoms with Crippen molar-refractivity contribution in [1.29, 1.82) is 0 Å². The van der Waals surface area contributed by atoms with Crippen LogP contribution in [0, 0.1) is 0 Å². The van der Waals surface area contributed by atoms with Gasteiger partial charge in [-0.2, -0.15) is 12.6 Å². The van der Waals surface area contributed by atoms with E-state index in [1.54, 1.807) is 0 Å².